The minimum absolute atomic E-state index is 0.0758. The predicted octanol–water partition coefficient (Wildman–Crippen LogP) is 5.14. The molecule has 0 saturated carbocycles. The molecule has 0 aliphatic heterocycles. The number of aromatic nitrogens is 1. The summed E-state index contributed by atoms with van der Waals surface area (Å²) in [6, 6.07) is 15.5. The van der Waals surface area contributed by atoms with Gasteiger partial charge in [0.15, 0.2) is 5.58 Å². The van der Waals surface area contributed by atoms with E-state index in [0.29, 0.717) is 17.0 Å². The predicted molar refractivity (Wildman–Crippen MR) is 99.3 cm³/mol. The van der Waals surface area contributed by atoms with Gasteiger partial charge in [0.2, 0.25) is 5.89 Å². The van der Waals surface area contributed by atoms with Crippen molar-refractivity contribution in [2.75, 3.05) is 0 Å². The largest absolute Gasteiger partial charge is 0.481 e. The van der Waals surface area contributed by atoms with Crippen LogP contribution in [-0.4, -0.2) is 16.1 Å². The summed E-state index contributed by atoms with van der Waals surface area (Å²) in [4.78, 5) is 15.7. The van der Waals surface area contributed by atoms with Gasteiger partial charge in [0, 0.05) is 5.57 Å². The molecule has 3 aromatic rings. The molecule has 1 aromatic heterocycles. The second kappa shape index (κ2) is 6.55. The van der Waals surface area contributed by atoms with Crippen LogP contribution in [0, 0.1) is 0 Å². The van der Waals surface area contributed by atoms with E-state index >= 15 is 0 Å². The van der Waals surface area contributed by atoms with Crippen molar-refractivity contribution in [2.45, 2.75) is 32.6 Å². The Morgan fingerprint density at radius 2 is 1.80 bits per heavy atom. The van der Waals surface area contributed by atoms with Crippen molar-refractivity contribution in [1.29, 1.82) is 0 Å². The first kappa shape index (κ1) is 17.0. The van der Waals surface area contributed by atoms with E-state index in [1.807, 2.05) is 42.5 Å². The summed E-state index contributed by atoms with van der Waals surface area (Å²) in [5.74, 6) is -0.566. The minimum atomic E-state index is -0.917. The van der Waals surface area contributed by atoms with Crippen LogP contribution in [0.5, 0.6) is 0 Å². The lowest BCUT2D eigenvalue weighted by molar-refractivity contribution is -0.135. The van der Waals surface area contributed by atoms with Gasteiger partial charge in [-0.2, -0.15) is 0 Å². The summed E-state index contributed by atoms with van der Waals surface area (Å²) in [5.41, 5.74) is 4.14. The van der Waals surface area contributed by atoms with Gasteiger partial charge >= 0.3 is 5.97 Å². The molecule has 0 aliphatic carbocycles. The zero-order valence-corrected chi connectivity index (χ0v) is 14.6. The van der Waals surface area contributed by atoms with E-state index in [2.05, 4.69) is 37.9 Å². The highest BCUT2D eigenvalue weighted by Gasteiger charge is 2.15. The van der Waals surface area contributed by atoms with Crippen LogP contribution in [-0.2, 0) is 10.2 Å². The zero-order chi connectivity index (χ0) is 18.0. The van der Waals surface area contributed by atoms with Gasteiger partial charge in [-0.1, -0.05) is 57.2 Å². The molecule has 0 amide bonds. The third-order valence-electron chi connectivity index (χ3n) is 4.03. The van der Waals surface area contributed by atoms with Crippen LogP contribution < -0.4 is 0 Å². The highest BCUT2D eigenvalue weighted by molar-refractivity contribution is 5.90. The van der Waals surface area contributed by atoms with Crippen molar-refractivity contribution >= 4 is 28.7 Å². The molecular weight excluding hydrogens is 314 g/mol. The fraction of sp³-hybridized carbons (Fsp3) is 0.238. The van der Waals surface area contributed by atoms with Gasteiger partial charge in [0.25, 0.3) is 0 Å². The number of oxazole rings is 1. The molecule has 3 rings (SSSR count). The summed E-state index contributed by atoms with van der Waals surface area (Å²) in [6.07, 6.45) is 1.68. The van der Waals surface area contributed by atoms with E-state index in [1.54, 1.807) is 0 Å². The van der Waals surface area contributed by atoms with Crippen LogP contribution >= 0.6 is 0 Å². The molecule has 0 unspecified atom stereocenters. The van der Waals surface area contributed by atoms with Gasteiger partial charge in [0.1, 0.15) is 5.52 Å². The van der Waals surface area contributed by atoms with Crippen molar-refractivity contribution in [1.82, 2.24) is 4.98 Å². The summed E-state index contributed by atoms with van der Waals surface area (Å²) in [6.45, 7) is 6.48. The minimum Gasteiger partial charge on any atom is -0.481 e. The number of para-hydroxylation sites is 2. The van der Waals surface area contributed by atoms with Crippen molar-refractivity contribution < 1.29 is 14.3 Å². The summed E-state index contributed by atoms with van der Waals surface area (Å²) in [7, 11) is 0. The number of carboxylic acids is 1. The maximum atomic E-state index is 11.3. The molecule has 0 bridgehead atoms. The van der Waals surface area contributed by atoms with E-state index in [9.17, 15) is 9.90 Å². The van der Waals surface area contributed by atoms with E-state index in [1.165, 1.54) is 5.56 Å². The fourth-order valence-electron chi connectivity index (χ4n) is 2.64. The molecule has 128 valence electrons. The Hall–Kier alpha value is -2.88. The van der Waals surface area contributed by atoms with Gasteiger partial charge in [-0.05, 0) is 34.8 Å². The number of carboxylic acid groups (broad SMARTS) is 1. The third-order valence-corrected chi connectivity index (χ3v) is 4.03. The first-order valence-electron chi connectivity index (χ1n) is 8.22. The van der Waals surface area contributed by atoms with E-state index < -0.39 is 5.97 Å². The molecule has 25 heavy (non-hydrogen) atoms. The van der Waals surface area contributed by atoms with Gasteiger partial charge in [-0.15, -0.1) is 0 Å². The molecule has 0 radical (unpaired) electrons. The number of nitrogens with zero attached hydrogens (tertiary/aromatic N) is 1. The molecule has 0 fully saturated rings. The molecule has 1 N–H and O–H groups in total. The zero-order valence-electron chi connectivity index (χ0n) is 14.6. The topological polar surface area (TPSA) is 63.3 Å². The van der Waals surface area contributed by atoms with E-state index in [0.717, 1.165) is 11.1 Å². The monoisotopic (exact) mass is 335 g/mol. The third kappa shape index (κ3) is 3.97. The smallest absolute Gasteiger partial charge is 0.308 e. The number of hydrogen-bond acceptors (Lipinski definition) is 3. The normalized spacial score (nSPS) is 12.5. The number of benzene rings is 2. The Kier molecular flexibility index (Phi) is 4.45. The maximum Gasteiger partial charge on any atom is 0.308 e. The van der Waals surface area contributed by atoms with Gasteiger partial charge < -0.3 is 9.52 Å². The summed E-state index contributed by atoms with van der Waals surface area (Å²) >= 11 is 0. The molecule has 0 aliphatic rings. The van der Waals surface area contributed by atoms with Gasteiger partial charge in [0.05, 0.1) is 6.42 Å². The number of aliphatic carboxylic acids is 1. The average Bonchev–Trinajstić information content (AvgIpc) is 2.97. The van der Waals surface area contributed by atoms with Gasteiger partial charge in [-0.3, -0.25) is 4.79 Å². The molecule has 4 nitrogen and oxygen atoms in total. The molecule has 0 atom stereocenters. The Labute approximate surface area is 146 Å². The Morgan fingerprint density at radius 1 is 1.12 bits per heavy atom. The Morgan fingerprint density at radius 3 is 2.40 bits per heavy atom. The lowest BCUT2D eigenvalue weighted by Gasteiger charge is -2.18. The highest BCUT2D eigenvalue weighted by atomic mass is 16.4. The van der Waals surface area contributed by atoms with E-state index in [-0.39, 0.29) is 11.8 Å². The Balaban J connectivity index is 2.00. The fourth-order valence-corrected chi connectivity index (χ4v) is 2.64. The average molecular weight is 335 g/mol. The Bertz CT molecular complexity index is 895. The van der Waals surface area contributed by atoms with Crippen LogP contribution in [0.3, 0.4) is 0 Å². The lowest BCUT2D eigenvalue weighted by Crippen LogP contribution is -2.10. The maximum absolute atomic E-state index is 11.3. The van der Waals surface area contributed by atoms with Crippen LogP contribution in [0.4, 0.5) is 0 Å². The van der Waals surface area contributed by atoms with Crippen LogP contribution in [0.2, 0.25) is 0 Å². The van der Waals surface area contributed by atoms with Crippen LogP contribution in [0.25, 0.3) is 22.7 Å². The first-order chi connectivity index (χ1) is 11.8. The molecule has 4 heteroatoms. The summed E-state index contributed by atoms with van der Waals surface area (Å²) < 4.78 is 5.74. The van der Waals surface area contributed by atoms with Crippen molar-refractivity contribution in [3.05, 3.63) is 65.5 Å². The van der Waals surface area contributed by atoms with Crippen molar-refractivity contribution in [2.24, 2.45) is 0 Å². The second-order valence-corrected chi connectivity index (χ2v) is 7.10. The quantitative estimate of drug-likeness (QED) is 0.717. The molecule has 0 saturated heterocycles. The standard InChI is InChI=1S/C21H21NO3/c1-21(2,3)16-10-8-14(9-11-16)12-15(13-19(23)24)20-22-17-6-4-5-7-18(17)25-20/h4-12H,13H2,1-3H3,(H,23,24)/b15-12+. The summed E-state index contributed by atoms with van der Waals surface area (Å²) in [5, 5.41) is 9.24. The van der Waals surface area contributed by atoms with Crippen molar-refractivity contribution in [3.8, 4) is 0 Å². The van der Waals surface area contributed by atoms with Crippen LogP contribution in [0.15, 0.2) is 52.9 Å². The SMILES string of the molecule is CC(C)(C)c1ccc(/C=C(\CC(=O)O)c2nc3ccccc3o2)cc1. The number of rotatable bonds is 4. The van der Waals surface area contributed by atoms with Crippen molar-refractivity contribution in [3.63, 3.8) is 0 Å². The lowest BCUT2D eigenvalue weighted by atomic mass is 9.86. The second-order valence-electron chi connectivity index (χ2n) is 7.10. The number of carbonyl (C=O) groups is 1. The number of hydrogen-bond donors (Lipinski definition) is 1. The molecule has 0 spiro atoms. The molecule has 1 heterocycles. The molecular formula is C21H21NO3. The molecule has 2 aromatic carbocycles. The van der Waals surface area contributed by atoms with Crippen LogP contribution in [0.1, 0.15) is 44.2 Å². The van der Waals surface area contributed by atoms with Gasteiger partial charge in [-0.25, -0.2) is 4.98 Å². The first-order valence-corrected chi connectivity index (χ1v) is 8.22. The number of fused-ring (bicyclic) bond motifs is 1. The van der Waals surface area contributed by atoms with E-state index in [4.69, 9.17) is 4.42 Å². The highest BCUT2D eigenvalue weighted by Crippen LogP contribution is 2.27.